The number of ether oxygens (including phenoxy) is 1. The molecule has 0 radical (unpaired) electrons. The first-order valence-electron chi connectivity index (χ1n) is 13.1. The van der Waals surface area contributed by atoms with E-state index in [0.29, 0.717) is 28.8 Å². The van der Waals surface area contributed by atoms with Crippen molar-refractivity contribution in [3.63, 3.8) is 0 Å². The van der Waals surface area contributed by atoms with Gasteiger partial charge in [0.25, 0.3) is 5.91 Å². The Bertz CT molecular complexity index is 1440. The third kappa shape index (κ3) is 5.01. The summed E-state index contributed by atoms with van der Waals surface area (Å²) in [6.45, 7) is 9.29. The highest BCUT2D eigenvalue weighted by Gasteiger charge is 2.46. The van der Waals surface area contributed by atoms with Gasteiger partial charge >= 0.3 is 6.16 Å². The molecular weight excluding hydrogens is 539 g/mol. The predicted molar refractivity (Wildman–Crippen MR) is 151 cm³/mol. The zero-order valence-corrected chi connectivity index (χ0v) is 24.2. The molecule has 206 valence electrons. The van der Waals surface area contributed by atoms with E-state index in [1.54, 1.807) is 5.06 Å². The van der Waals surface area contributed by atoms with Crippen LogP contribution in [-0.4, -0.2) is 46.6 Å². The lowest BCUT2D eigenvalue weighted by Gasteiger charge is -2.30. The van der Waals surface area contributed by atoms with Crippen molar-refractivity contribution in [2.75, 3.05) is 18.6 Å². The van der Waals surface area contributed by atoms with Crippen molar-refractivity contribution >= 4 is 41.0 Å². The summed E-state index contributed by atoms with van der Waals surface area (Å²) in [5.41, 5.74) is 5.94. The van der Waals surface area contributed by atoms with Gasteiger partial charge in [0, 0.05) is 33.5 Å². The lowest BCUT2D eigenvalue weighted by atomic mass is 9.91. The van der Waals surface area contributed by atoms with Crippen molar-refractivity contribution in [2.45, 2.75) is 65.1 Å². The summed E-state index contributed by atoms with van der Waals surface area (Å²) in [7, 11) is 1.29. The molecule has 1 fully saturated rings. The minimum absolute atomic E-state index is 0.0703. The standard InChI is InChI=1S/C29H32Cl2N4O4/c1-16(2)26-24-25(32-33(26)15-21-7-6-12-34(21)39-29(37)38-5)28(36)35(23-14-20(31)9-8-17(23)3)27(24)22-11-10-19(30)13-18(22)4/h8-11,13-14,16,21,27H,6-7,12,15H2,1-5H3/t21-,27?/m0/s1. The van der Waals surface area contributed by atoms with Crippen LogP contribution in [-0.2, 0) is 16.1 Å². The Hall–Kier alpha value is -3.07. The maximum atomic E-state index is 14.2. The summed E-state index contributed by atoms with van der Waals surface area (Å²) < 4.78 is 6.62. The molecule has 1 unspecified atom stereocenters. The SMILES string of the molecule is COC(=O)ON1CCC[C@H]1Cn1nc2c(c1C(C)C)C(c1ccc(Cl)cc1C)N(c1cc(Cl)ccc1C)C2=O. The topological polar surface area (TPSA) is 76.9 Å². The number of hydroxylamine groups is 2. The number of rotatable bonds is 6. The second-order valence-electron chi connectivity index (χ2n) is 10.5. The largest absolute Gasteiger partial charge is 0.527 e. The van der Waals surface area contributed by atoms with E-state index in [4.69, 9.17) is 37.9 Å². The molecule has 0 saturated carbocycles. The van der Waals surface area contributed by atoms with Crippen molar-refractivity contribution < 1.29 is 19.2 Å². The molecule has 5 rings (SSSR count). The molecule has 2 atom stereocenters. The number of hydrogen-bond donors (Lipinski definition) is 0. The van der Waals surface area contributed by atoms with Crippen LogP contribution in [0, 0.1) is 13.8 Å². The summed E-state index contributed by atoms with van der Waals surface area (Å²) in [4.78, 5) is 33.2. The number of aromatic nitrogens is 2. The van der Waals surface area contributed by atoms with Crippen molar-refractivity contribution in [3.8, 4) is 0 Å². The first kappa shape index (κ1) is 27.5. The smallest absolute Gasteiger partial charge is 0.436 e. The molecule has 2 aromatic carbocycles. The Morgan fingerprint density at radius 3 is 2.51 bits per heavy atom. The van der Waals surface area contributed by atoms with E-state index < -0.39 is 12.2 Å². The first-order chi connectivity index (χ1) is 18.6. The van der Waals surface area contributed by atoms with Crippen molar-refractivity contribution in [3.05, 3.63) is 80.1 Å². The Morgan fingerprint density at radius 2 is 1.82 bits per heavy atom. The number of anilines is 1. The predicted octanol–water partition coefficient (Wildman–Crippen LogP) is 6.84. The number of nitrogens with zero attached hydrogens (tertiary/aromatic N) is 4. The third-order valence-corrected chi connectivity index (χ3v) is 8.02. The second kappa shape index (κ2) is 10.8. The summed E-state index contributed by atoms with van der Waals surface area (Å²) in [6, 6.07) is 10.9. The fourth-order valence-electron chi connectivity index (χ4n) is 5.80. The zero-order chi connectivity index (χ0) is 28.0. The van der Waals surface area contributed by atoms with Gasteiger partial charge < -0.3 is 9.57 Å². The molecule has 8 nitrogen and oxygen atoms in total. The van der Waals surface area contributed by atoms with Gasteiger partial charge in [-0.15, -0.1) is 5.06 Å². The molecule has 1 aromatic heterocycles. The quantitative estimate of drug-likeness (QED) is 0.302. The van der Waals surface area contributed by atoms with E-state index in [2.05, 4.69) is 13.8 Å². The van der Waals surface area contributed by atoms with E-state index in [1.165, 1.54) is 7.11 Å². The van der Waals surface area contributed by atoms with Crippen LogP contribution in [0.3, 0.4) is 0 Å². The molecule has 1 saturated heterocycles. The molecular formula is C29H32Cl2N4O4. The van der Waals surface area contributed by atoms with Gasteiger partial charge in [0.1, 0.15) is 0 Å². The van der Waals surface area contributed by atoms with Gasteiger partial charge in [-0.25, -0.2) is 4.79 Å². The fraction of sp³-hybridized carbons (Fsp3) is 0.414. The number of halogens is 2. The Balaban J connectivity index is 1.64. The van der Waals surface area contributed by atoms with E-state index >= 15 is 0 Å². The minimum Gasteiger partial charge on any atom is -0.436 e. The fourth-order valence-corrected chi connectivity index (χ4v) is 6.19. The van der Waals surface area contributed by atoms with E-state index in [0.717, 1.165) is 46.5 Å². The zero-order valence-electron chi connectivity index (χ0n) is 22.7. The molecule has 2 aliphatic heterocycles. The van der Waals surface area contributed by atoms with Gasteiger partial charge in [-0.1, -0.05) is 49.2 Å². The maximum absolute atomic E-state index is 14.2. The number of fused-ring (bicyclic) bond motifs is 1. The Morgan fingerprint density at radius 1 is 1.10 bits per heavy atom. The van der Waals surface area contributed by atoms with Crippen molar-refractivity contribution in [1.82, 2.24) is 14.8 Å². The number of carbonyl (C=O) groups excluding carboxylic acids is 2. The Kier molecular flexibility index (Phi) is 7.64. The average molecular weight is 572 g/mol. The molecule has 10 heteroatoms. The number of amides is 1. The summed E-state index contributed by atoms with van der Waals surface area (Å²) in [6.07, 6.45) is 0.975. The molecule has 39 heavy (non-hydrogen) atoms. The highest BCUT2D eigenvalue weighted by atomic mass is 35.5. The normalized spacial score (nSPS) is 19.2. The first-order valence-corrected chi connectivity index (χ1v) is 13.8. The molecule has 3 aromatic rings. The lowest BCUT2D eigenvalue weighted by molar-refractivity contribution is -0.136. The molecule has 0 N–H and O–H groups in total. The average Bonchev–Trinajstić information content (AvgIpc) is 3.55. The van der Waals surface area contributed by atoms with Crippen LogP contribution in [0.25, 0.3) is 0 Å². The number of hydrogen-bond acceptors (Lipinski definition) is 6. The van der Waals surface area contributed by atoms with Crippen LogP contribution < -0.4 is 4.90 Å². The van der Waals surface area contributed by atoms with Gasteiger partial charge in [-0.3, -0.25) is 14.4 Å². The highest BCUT2D eigenvalue weighted by molar-refractivity contribution is 6.31. The highest BCUT2D eigenvalue weighted by Crippen LogP contribution is 2.47. The van der Waals surface area contributed by atoms with Gasteiger partial charge in [-0.2, -0.15) is 5.10 Å². The van der Waals surface area contributed by atoms with Crippen molar-refractivity contribution in [2.24, 2.45) is 0 Å². The molecule has 0 bridgehead atoms. The molecule has 3 heterocycles. The third-order valence-electron chi connectivity index (χ3n) is 7.55. The summed E-state index contributed by atoms with van der Waals surface area (Å²) in [5, 5.41) is 7.76. The lowest BCUT2D eigenvalue weighted by Crippen LogP contribution is -2.36. The summed E-state index contributed by atoms with van der Waals surface area (Å²) >= 11 is 12.7. The van der Waals surface area contributed by atoms with Gasteiger partial charge in [0.15, 0.2) is 5.69 Å². The van der Waals surface area contributed by atoms with Crippen LogP contribution in [0.15, 0.2) is 36.4 Å². The maximum Gasteiger partial charge on any atom is 0.527 e. The number of carbonyl (C=O) groups is 2. The monoisotopic (exact) mass is 570 g/mol. The minimum atomic E-state index is -0.741. The van der Waals surface area contributed by atoms with Crippen LogP contribution in [0.1, 0.15) is 77.1 Å². The van der Waals surface area contributed by atoms with Crippen LogP contribution in [0.4, 0.5) is 10.5 Å². The van der Waals surface area contributed by atoms with E-state index in [1.807, 2.05) is 59.8 Å². The number of benzene rings is 2. The summed E-state index contributed by atoms with van der Waals surface area (Å²) in [5.74, 6) is -0.106. The molecule has 0 spiro atoms. The van der Waals surface area contributed by atoms with Crippen LogP contribution >= 0.6 is 23.2 Å². The van der Waals surface area contributed by atoms with Crippen molar-refractivity contribution in [1.29, 1.82) is 0 Å². The molecule has 0 aliphatic carbocycles. The Labute approximate surface area is 238 Å². The van der Waals surface area contributed by atoms with Crippen LogP contribution in [0.5, 0.6) is 0 Å². The molecule has 2 aliphatic rings. The second-order valence-corrected chi connectivity index (χ2v) is 11.3. The van der Waals surface area contributed by atoms with E-state index in [9.17, 15) is 9.59 Å². The molecule has 1 amide bonds. The van der Waals surface area contributed by atoms with E-state index in [-0.39, 0.29) is 17.9 Å². The van der Waals surface area contributed by atoms with Gasteiger partial charge in [0.05, 0.1) is 25.7 Å². The van der Waals surface area contributed by atoms with Crippen LogP contribution in [0.2, 0.25) is 10.0 Å². The number of methoxy groups -OCH3 is 1. The van der Waals surface area contributed by atoms with Gasteiger partial charge in [0.2, 0.25) is 0 Å². The number of aryl methyl sites for hydroxylation is 2. The van der Waals surface area contributed by atoms with Gasteiger partial charge in [-0.05, 0) is 73.6 Å².